The monoisotopic (exact) mass is 358 g/mol. The molecule has 0 heteroatoms. The smallest absolute Gasteiger partial charge is 0.0276 e. The zero-order chi connectivity index (χ0) is 19.0. The molecule has 0 N–H and O–H groups in total. The van der Waals surface area contributed by atoms with Crippen LogP contribution in [0.2, 0.25) is 0 Å². The molecule has 1 aromatic rings. The van der Waals surface area contributed by atoms with Crippen LogP contribution < -0.4 is 0 Å². The van der Waals surface area contributed by atoms with E-state index < -0.39 is 0 Å². The lowest BCUT2D eigenvalue weighted by atomic mass is 9.93. The Balaban J connectivity index is 2.26. The molecule has 0 unspecified atom stereocenters. The van der Waals surface area contributed by atoms with Crippen molar-refractivity contribution >= 4 is 0 Å². The summed E-state index contributed by atoms with van der Waals surface area (Å²) < 4.78 is 0. The summed E-state index contributed by atoms with van der Waals surface area (Å²) in [5.74, 6) is 0. The van der Waals surface area contributed by atoms with Crippen molar-refractivity contribution in [2.24, 2.45) is 0 Å². The van der Waals surface area contributed by atoms with Gasteiger partial charge in [-0.2, -0.15) is 0 Å². The molecular weight excluding hydrogens is 312 g/mol. The molecule has 26 heavy (non-hydrogen) atoms. The van der Waals surface area contributed by atoms with Crippen molar-refractivity contribution < 1.29 is 0 Å². The first-order valence-corrected chi connectivity index (χ1v) is 11.8. The molecule has 0 atom stereocenters. The molecular formula is C26H46. The van der Waals surface area contributed by atoms with Crippen molar-refractivity contribution in [2.75, 3.05) is 0 Å². The summed E-state index contributed by atoms with van der Waals surface area (Å²) in [7, 11) is 0. The van der Waals surface area contributed by atoms with Crippen molar-refractivity contribution in [1.82, 2.24) is 0 Å². The average molecular weight is 359 g/mol. The van der Waals surface area contributed by atoms with Gasteiger partial charge >= 0.3 is 0 Å². The number of rotatable bonds is 16. The molecule has 0 radical (unpaired) electrons. The molecule has 0 saturated carbocycles. The fourth-order valence-electron chi connectivity index (χ4n) is 4.02. The van der Waals surface area contributed by atoms with Crippen molar-refractivity contribution in [3.8, 4) is 0 Å². The van der Waals surface area contributed by atoms with Gasteiger partial charge in [0.25, 0.3) is 0 Å². The molecule has 0 aliphatic rings. The molecule has 0 fully saturated rings. The molecule has 0 aliphatic heterocycles. The summed E-state index contributed by atoms with van der Waals surface area (Å²) >= 11 is 0. The van der Waals surface area contributed by atoms with E-state index in [0.29, 0.717) is 0 Å². The molecule has 0 heterocycles. The normalized spacial score (nSPS) is 11.2. The number of hydrogen-bond acceptors (Lipinski definition) is 0. The quantitative estimate of drug-likeness (QED) is 0.259. The summed E-state index contributed by atoms with van der Waals surface area (Å²) in [5.41, 5.74) is 6.25. The molecule has 0 amide bonds. The van der Waals surface area contributed by atoms with Crippen molar-refractivity contribution in [3.05, 3.63) is 34.4 Å². The van der Waals surface area contributed by atoms with Gasteiger partial charge < -0.3 is 0 Å². The van der Waals surface area contributed by atoms with E-state index in [2.05, 4.69) is 39.8 Å². The Morgan fingerprint density at radius 3 is 1.12 bits per heavy atom. The number of aryl methyl sites for hydroxylation is 4. The largest absolute Gasteiger partial charge is 0.0654 e. The second kappa shape index (κ2) is 15.3. The van der Waals surface area contributed by atoms with E-state index in [1.807, 2.05) is 0 Å². The third kappa shape index (κ3) is 10.4. The van der Waals surface area contributed by atoms with Crippen molar-refractivity contribution in [1.29, 1.82) is 0 Å². The van der Waals surface area contributed by atoms with Gasteiger partial charge in [-0.1, -0.05) is 103 Å². The lowest BCUT2D eigenvalue weighted by Gasteiger charge is -2.13. The Morgan fingerprint density at radius 2 is 0.769 bits per heavy atom. The second-order valence-electron chi connectivity index (χ2n) is 8.45. The standard InChI is InChI=1S/C26H46/c1-5-7-9-11-13-15-17-19-25-21-24(4)26(22-23(25)3)20-18-16-14-12-10-8-6-2/h21-22H,5-20H2,1-4H3. The fourth-order valence-corrected chi connectivity index (χ4v) is 4.02. The van der Waals surface area contributed by atoms with Crippen LogP contribution in [0.4, 0.5) is 0 Å². The van der Waals surface area contributed by atoms with Crippen molar-refractivity contribution in [2.45, 2.75) is 130 Å². The van der Waals surface area contributed by atoms with Crippen molar-refractivity contribution in [3.63, 3.8) is 0 Å². The van der Waals surface area contributed by atoms with Gasteiger partial charge in [-0.15, -0.1) is 0 Å². The second-order valence-corrected chi connectivity index (χ2v) is 8.45. The topological polar surface area (TPSA) is 0 Å². The van der Waals surface area contributed by atoms with Gasteiger partial charge in [0.05, 0.1) is 0 Å². The van der Waals surface area contributed by atoms with E-state index in [1.54, 1.807) is 11.1 Å². The Hall–Kier alpha value is -0.780. The highest BCUT2D eigenvalue weighted by molar-refractivity contribution is 5.37. The molecule has 1 aromatic carbocycles. The van der Waals surface area contributed by atoms with Crippen LogP contribution in [0.3, 0.4) is 0 Å². The summed E-state index contributed by atoms with van der Waals surface area (Å²) in [5, 5.41) is 0. The van der Waals surface area contributed by atoms with Crippen LogP contribution in [0.1, 0.15) is 126 Å². The van der Waals surface area contributed by atoms with Gasteiger partial charge in [0, 0.05) is 0 Å². The maximum atomic E-state index is 2.49. The van der Waals surface area contributed by atoms with Crippen LogP contribution in [-0.4, -0.2) is 0 Å². The molecule has 150 valence electrons. The lowest BCUT2D eigenvalue weighted by Crippen LogP contribution is -1.97. The molecule has 0 aromatic heterocycles. The first kappa shape index (κ1) is 23.3. The maximum Gasteiger partial charge on any atom is -0.0276 e. The maximum absolute atomic E-state index is 2.49. The summed E-state index contributed by atoms with van der Waals surface area (Å²) in [6.45, 7) is 9.24. The van der Waals surface area contributed by atoms with Gasteiger partial charge in [-0.25, -0.2) is 0 Å². The van der Waals surface area contributed by atoms with E-state index in [4.69, 9.17) is 0 Å². The van der Waals surface area contributed by atoms with Gasteiger partial charge in [0.15, 0.2) is 0 Å². The fraction of sp³-hybridized carbons (Fsp3) is 0.769. The molecule has 0 nitrogen and oxygen atoms in total. The van der Waals surface area contributed by atoms with Crippen LogP contribution >= 0.6 is 0 Å². The molecule has 0 saturated heterocycles. The minimum absolute atomic E-state index is 1.28. The van der Waals surface area contributed by atoms with E-state index >= 15 is 0 Å². The zero-order valence-electron chi connectivity index (χ0n) is 18.5. The Bertz CT molecular complexity index is 414. The minimum Gasteiger partial charge on any atom is -0.0654 e. The number of hydrogen-bond donors (Lipinski definition) is 0. The zero-order valence-corrected chi connectivity index (χ0v) is 18.5. The van der Waals surface area contributed by atoms with Gasteiger partial charge in [-0.3, -0.25) is 0 Å². The summed E-state index contributed by atoms with van der Waals surface area (Å²) in [6.07, 6.45) is 22.2. The number of unbranched alkanes of at least 4 members (excludes halogenated alkanes) is 12. The molecule has 1 rings (SSSR count). The van der Waals surface area contributed by atoms with Crippen LogP contribution in [-0.2, 0) is 12.8 Å². The highest BCUT2D eigenvalue weighted by atomic mass is 14.1. The van der Waals surface area contributed by atoms with Crippen LogP contribution in [0.25, 0.3) is 0 Å². The first-order chi connectivity index (χ1) is 12.7. The Kier molecular flexibility index (Phi) is 13.7. The molecule has 0 spiro atoms. The van der Waals surface area contributed by atoms with E-state index in [9.17, 15) is 0 Å². The predicted octanol–water partition coefficient (Wildman–Crippen LogP) is 8.89. The first-order valence-electron chi connectivity index (χ1n) is 11.8. The van der Waals surface area contributed by atoms with Gasteiger partial charge in [0.1, 0.15) is 0 Å². The summed E-state index contributed by atoms with van der Waals surface area (Å²) in [4.78, 5) is 0. The molecule has 0 bridgehead atoms. The van der Waals surface area contributed by atoms with E-state index in [-0.39, 0.29) is 0 Å². The predicted molar refractivity (Wildman–Crippen MR) is 119 cm³/mol. The lowest BCUT2D eigenvalue weighted by molar-refractivity contribution is 0.587. The van der Waals surface area contributed by atoms with Crippen LogP contribution in [0.5, 0.6) is 0 Å². The SMILES string of the molecule is CCCCCCCCCc1cc(C)c(CCCCCCCCC)cc1C. The Morgan fingerprint density at radius 1 is 0.462 bits per heavy atom. The highest BCUT2D eigenvalue weighted by Crippen LogP contribution is 2.21. The van der Waals surface area contributed by atoms with Crippen LogP contribution in [0, 0.1) is 13.8 Å². The highest BCUT2D eigenvalue weighted by Gasteiger charge is 2.05. The third-order valence-electron chi connectivity index (χ3n) is 5.89. The van der Waals surface area contributed by atoms with Gasteiger partial charge in [0.2, 0.25) is 0 Å². The Labute approximate surface area is 165 Å². The van der Waals surface area contributed by atoms with E-state index in [0.717, 1.165) is 0 Å². The van der Waals surface area contributed by atoms with Crippen LogP contribution in [0.15, 0.2) is 12.1 Å². The molecule has 0 aliphatic carbocycles. The number of benzene rings is 1. The van der Waals surface area contributed by atoms with Gasteiger partial charge in [-0.05, 0) is 61.8 Å². The minimum atomic E-state index is 1.28. The summed E-state index contributed by atoms with van der Waals surface area (Å²) in [6, 6.07) is 4.98. The van der Waals surface area contributed by atoms with E-state index in [1.165, 1.54) is 114 Å². The average Bonchev–Trinajstić information content (AvgIpc) is 2.63. The third-order valence-corrected chi connectivity index (χ3v) is 5.89.